The Kier molecular flexibility index (Phi) is 8.24. The summed E-state index contributed by atoms with van der Waals surface area (Å²) in [5.74, 6) is -3.36. The maximum absolute atomic E-state index is 14.7. The summed E-state index contributed by atoms with van der Waals surface area (Å²) in [7, 11) is 0. The largest absolute Gasteiger partial charge is 0.383 e. The molecule has 5 atom stereocenters. The number of ether oxygens (including phenoxy) is 1. The zero-order valence-electron chi connectivity index (χ0n) is 25.7. The molecule has 242 valence electrons. The van der Waals surface area contributed by atoms with Crippen molar-refractivity contribution in [1.82, 2.24) is 14.5 Å². The maximum atomic E-state index is 14.7. The first-order chi connectivity index (χ1) is 23.0. The average molecular weight is 646 g/mol. The lowest BCUT2D eigenvalue weighted by atomic mass is 9.65. The number of aromatic nitrogens is 3. The molecule has 0 amide bonds. The number of nitrogen functional groups attached to an aromatic ring is 1. The van der Waals surface area contributed by atoms with Gasteiger partial charge in [-0.05, 0) is 6.42 Å². The minimum absolute atomic E-state index is 0.0339. The summed E-state index contributed by atoms with van der Waals surface area (Å²) in [6.07, 6.45) is -2.18. The van der Waals surface area contributed by atoms with Gasteiger partial charge in [0.05, 0.1) is 10.9 Å². The molecule has 0 radical (unpaired) electrons. The summed E-state index contributed by atoms with van der Waals surface area (Å²) in [6, 6.07) is 24.5. The monoisotopic (exact) mass is 645 g/mol. The Morgan fingerprint density at radius 1 is 0.896 bits per heavy atom. The highest BCUT2D eigenvalue weighted by Gasteiger charge is 2.78. The van der Waals surface area contributed by atoms with Crippen molar-refractivity contribution in [3.8, 4) is 6.07 Å². The Morgan fingerprint density at radius 2 is 1.42 bits per heavy atom. The van der Waals surface area contributed by atoms with Crippen LogP contribution in [0.15, 0.2) is 104 Å². The number of nitrogens with two attached hydrogens (primary N) is 1. The van der Waals surface area contributed by atoms with Crippen LogP contribution in [-0.4, -0.2) is 70.1 Å². The zero-order chi connectivity index (χ0) is 34.3. The van der Waals surface area contributed by atoms with Gasteiger partial charge in [-0.15, -0.1) is 0 Å². The molecule has 0 bridgehead atoms. The molecular formula is C36H31N5O7. The Balaban J connectivity index is 1.70. The van der Waals surface area contributed by atoms with E-state index in [2.05, 4.69) is 9.97 Å². The Bertz CT molecular complexity index is 2060. The summed E-state index contributed by atoms with van der Waals surface area (Å²) in [6.45, 7) is 1.67. The van der Waals surface area contributed by atoms with E-state index in [9.17, 15) is 35.0 Å². The third-order valence-electron chi connectivity index (χ3n) is 8.85. The van der Waals surface area contributed by atoms with Crippen molar-refractivity contribution in [2.24, 2.45) is 0 Å². The molecule has 6 rings (SSSR count). The van der Waals surface area contributed by atoms with Crippen molar-refractivity contribution in [1.29, 1.82) is 5.26 Å². The number of carbonyl (C=O) groups is 3. The number of aliphatic hydroxyl groups is 3. The molecule has 1 aliphatic heterocycles. The van der Waals surface area contributed by atoms with Crippen LogP contribution in [0.5, 0.6) is 0 Å². The average Bonchev–Trinajstić information content (AvgIpc) is 3.62. The van der Waals surface area contributed by atoms with Crippen LogP contribution in [0.25, 0.3) is 11.0 Å². The predicted molar refractivity (Wildman–Crippen MR) is 173 cm³/mol. The number of Topliss-reactive ketones (excluding diaryl/α,β-unsaturated/α-hetero) is 3. The van der Waals surface area contributed by atoms with Crippen LogP contribution < -0.4 is 5.73 Å². The van der Waals surface area contributed by atoms with Crippen molar-refractivity contribution >= 4 is 34.2 Å². The highest BCUT2D eigenvalue weighted by molar-refractivity contribution is 6.14. The Labute approximate surface area is 274 Å². The molecule has 5 aromatic rings. The second kappa shape index (κ2) is 12.2. The van der Waals surface area contributed by atoms with Gasteiger partial charge in [0.1, 0.15) is 30.0 Å². The van der Waals surface area contributed by atoms with E-state index in [1.807, 2.05) is 6.07 Å². The maximum Gasteiger partial charge on any atom is 0.212 e. The number of anilines is 1. The van der Waals surface area contributed by atoms with Gasteiger partial charge in [-0.2, -0.15) is 5.26 Å². The molecule has 0 spiro atoms. The van der Waals surface area contributed by atoms with Crippen molar-refractivity contribution in [3.63, 3.8) is 0 Å². The molecule has 12 nitrogen and oxygen atoms in total. The van der Waals surface area contributed by atoms with Gasteiger partial charge in [0.2, 0.25) is 17.2 Å². The van der Waals surface area contributed by atoms with E-state index >= 15 is 0 Å². The van der Waals surface area contributed by atoms with E-state index in [-0.39, 0.29) is 51.9 Å². The number of carbonyl (C=O) groups excluding carboxylic acids is 3. The van der Waals surface area contributed by atoms with Crippen LogP contribution in [0.4, 0.5) is 5.82 Å². The first-order valence-electron chi connectivity index (χ1n) is 15.2. The lowest BCUT2D eigenvalue weighted by Gasteiger charge is -2.42. The lowest BCUT2D eigenvalue weighted by molar-refractivity contribution is -0.140. The van der Waals surface area contributed by atoms with Crippen molar-refractivity contribution in [2.75, 3.05) is 5.73 Å². The Hall–Kier alpha value is -5.58. The number of nitriles is 1. The van der Waals surface area contributed by atoms with Crippen LogP contribution in [-0.2, 0) is 4.74 Å². The third kappa shape index (κ3) is 4.71. The van der Waals surface area contributed by atoms with Gasteiger partial charge in [0.25, 0.3) is 0 Å². The van der Waals surface area contributed by atoms with Crippen molar-refractivity contribution in [3.05, 3.63) is 126 Å². The fourth-order valence-electron chi connectivity index (χ4n) is 6.59. The molecule has 0 unspecified atom stereocenters. The van der Waals surface area contributed by atoms with Gasteiger partial charge in [0, 0.05) is 22.9 Å². The number of hydrogen-bond donors (Lipinski definition) is 4. The fourth-order valence-corrected chi connectivity index (χ4v) is 6.59. The zero-order valence-corrected chi connectivity index (χ0v) is 25.7. The fraction of sp³-hybridized carbons (Fsp3) is 0.222. The number of fused-ring (bicyclic) bond motifs is 1. The number of hydrogen-bond acceptors (Lipinski definition) is 11. The molecule has 3 aromatic carbocycles. The molecule has 1 saturated heterocycles. The molecule has 1 aliphatic rings. The Morgan fingerprint density at radius 3 is 1.94 bits per heavy atom. The van der Waals surface area contributed by atoms with Gasteiger partial charge in [-0.3, -0.25) is 14.4 Å². The van der Waals surface area contributed by atoms with Gasteiger partial charge in [0.15, 0.2) is 23.2 Å². The quantitative estimate of drug-likeness (QED) is 0.162. The normalized spacial score (nSPS) is 23.3. The SMILES string of the molecule is CCC[C@](O)(C(=O)c1ccccc1)[C@H]1O[C@@H](n2cc(C#N)c3c(N)ncnc32)[C@@](O)(C(=O)c2ccccc2)[C@@]1(O)C(=O)c1ccccc1. The van der Waals surface area contributed by atoms with Crippen LogP contribution in [0.2, 0.25) is 0 Å². The second-order valence-electron chi connectivity index (χ2n) is 11.7. The number of rotatable bonds is 10. The molecule has 3 heterocycles. The lowest BCUT2D eigenvalue weighted by Crippen LogP contribution is -2.71. The highest BCUT2D eigenvalue weighted by Crippen LogP contribution is 2.54. The summed E-state index contributed by atoms with van der Waals surface area (Å²) in [5, 5.41) is 48.6. The first-order valence-corrected chi connectivity index (χ1v) is 15.2. The standard InChI is InChI=1S/C36H31N5O7/c1-2-18-34(45,27(42)22-12-6-3-7-13-22)32-35(46,28(43)23-14-8-4-9-15-23)36(47,29(44)24-16-10-5-11-17-24)33(48-32)41-20-25(19-37)26-30(38)39-21-40-31(26)41/h3-17,20-21,32-33,45-47H,2,18H2,1H3,(H2,38,39,40)/t32-,33-,34+,35-,36+/m1/s1. The van der Waals surface area contributed by atoms with E-state index in [1.165, 1.54) is 66.9 Å². The number of nitrogens with zero attached hydrogens (tertiary/aromatic N) is 4. The molecule has 48 heavy (non-hydrogen) atoms. The molecule has 2 aromatic heterocycles. The summed E-state index contributed by atoms with van der Waals surface area (Å²) < 4.78 is 7.46. The van der Waals surface area contributed by atoms with Crippen LogP contribution in [0, 0.1) is 11.3 Å². The van der Waals surface area contributed by atoms with E-state index < -0.39 is 46.5 Å². The molecule has 1 fully saturated rings. The van der Waals surface area contributed by atoms with Crippen LogP contribution in [0.1, 0.15) is 62.6 Å². The highest BCUT2D eigenvalue weighted by atomic mass is 16.6. The van der Waals surface area contributed by atoms with Crippen molar-refractivity contribution in [2.45, 2.75) is 48.9 Å². The number of benzene rings is 3. The minimum Gasteiger partial charge on any atom is -0.383 e. The van der Waals surface area contributed by atoms with Gasteiger partial charge >= 0.3 is 0 Å². The summed E-state index contributed by atoms with van der Waals surface area (Å²) in [5.41, 5.74) is -3.50. The molecule has 12 heteroatoms. The van der Waals surface area contributed by atoms with E-state index in [0.717, 1.165) is 10.9 Å². The smallest absolute Gasteiger partial charge is 0.212 e. The summed E-state index contributed by atoms with van der Waals surface area (Å²) in [4.78, 5) is 51.9. The number of ketones is 3. The van der Waals surface area contributed by atoms with Crippen molar-refractivity contribution < 1.29 is 34.4 Å². The van der Waals surface area contributed by atoms with E-state index in [1.54, 1.807) is 37.3 Å². The topological polar surface area (TPSA) is 202 Å². The third-order valence-corrected chi connectivity index (χ3v) is 8.85. The minimum atomic E-state index is -3.32. The molecule has 0 aliphatic carbocycles. The van der Waals surface area contributed by atoms with Gasteiger partial charge in [-0.1, -0.05) is 104 Å². The van der Waals surface area contributed by atoms with E-state index in [4.69, 9.17) is 10.5 Å². The molecular weight excluding hydrogens is 614 g/mol. The van der Waals surface area contributed by atoms with Gasteiger partial charge in [-0.25, -0.2) is 9.97 Å². The predicted octanol–water partition coefficient (Wildman–Crippen LogP) is 3.42. The second-order valence-corrected chi connectivity index (χ2v) is 11.7. The molecule has 0 saturated carbocycles. The van der Waals surface area contributed by atoms with Gasteiger partial charge < -0.3 is 30.4 Å². The van der Waals surface area contributed by atoms with Crippen LogP contribution in [0.3, 0.4) is 0 Å². The van der Waals surface area contributed by atoms with E-state index in [0.29, 0.717) is 0 Å². The first kappa shape index (κ1) is 32.4. The molecule has 5 N–H and O–H groups in total. The summed E-state index contributed by atoms with van der Waals surface area (Å²) >= 11 is 0. The van der Waals surface area contributed by atoms with Crippen LogP contribution >= 0.6 is 0 Å².